The summed E-state index contributed by atoms with van der Waals surface area (Å²) in [5, 5.41) is 0. The molecule has 2 aromatic rings. The monoisotopic (exact) mass is 274 g/mol. The molecule has 0 aliphatic rings. The fourth-order valence-electron chi connectivity index (χ4n) is 2.30. The van der Waals surface area contributed by atoms with Gasteiger partial charge in [0.25, 0.3) is 0 Å². The largest absolute Gasteiger partial charge is 0.203 e. The first-order valence-corrected chi connectivity index (χ1v) is 7.17. The van der Waals surface area contributed by atoms with Crippen LogP contribution in [0.1, 0.15) is 37.3 Å². The highest BCUT2D eigenvalue weighted by Crippen LogP contribution is 2.27. The maximum Gasteiger partial charge on any atom is 0.166 e. The van der Waals surface area contributed by atoms with E-state index in [0.717, 1.165) is 24.8 Å². The van der Waals surface area contributed by atoms with Crippen molar-refractivity contribution in [2.75, 3.05) is 0 Å². The van der Waals surface area contributed by atoms with Crippen LogP contribution in [0.3, 0.4) is 0 Å². The quantitative estimate of drug-likeness (QED) is 0.616. The van der Waals surface area contributed by atoms with E-state index in [4.69, 9.17) is 0 Å². The number of aryl methyl sites for hydroxylation is 2. The first-order valence-electron chi connectivity index (χ1n) is 7.17. The summed E-state index contributed by atoms with van der Waals surface area (Å²) in [5.41, 5.74) is 2.63. The number of rotatable bonds is 5. The van der Waals surface area contributed by atoms with Crippen molar-refractivity contribution in [2.24, 2.45) is 0 Å². The summed E-state index contributed by atoms with van der Waals surface area (Å²) in [6.45, 7) is 4.06. The van der Waals surface area contributed by atoms with Crippen molar-refractivity contribution in [1.82, 2.24) is 0 Å². The highest BCUT2D eigenvalue weighted by molar-refractivity contribution is 5.65. The lowest BCUT2D eigenvalue weighted by atomic mass is 9.99. The predicted octanol–water partition coefficient (Wildman–Crippen LogP) is 5.67. The summed E-state index contributed by atoms with van der Waals surface area (Å²) in [4.78, 5) is 0. The Hall–Kier alpha value is -1.70. The molecule has 0 saturated heterocycles. The van der Waals surface area contributed by atoms with Crippen molar-refractivity contribution in [3.63, 3.8) is 0 Å². The predicted molar refractivity (Wildman–Crippen MR) is 79.8 cm³/mol. The van der Waals surface area contributed by atoms with Crippen LogP contribution in [0.2, 0.25) is 0 Å². The fraction of sp³-hybridized carbons (Fsp3) is 0.333. The lowest BCUT2D eigenvalue weighted by Crippen LogP contribution is -1.97. The molecule has 0 N–H and O–H groups in total. The molecule has 0 spiro atoms. The molecule has 2 aromatic carbocycles. The second-order valence-electron chi connectivity index (χ2n) is 5.22. The molecule has 0 heterocycles. The molecule has 106 valence electrons. The minimum Gasteiger partial charge on any atom is -0.203 e. The first kappa shape index (κ1) is 14.7. The normalized spacial score (nSPS) is 10.8. The third-order valence-electron chi connectivity index (χ3n) is 3.57. The SMILES string of the molecule is CCCCCc1ccc(-c2ccc(C)cc2)c(F)c1F. The van der Waals surface area contributed by atoms with E-state index >= 15 is 0 Å². The fourth-order valence-corrected chi connectivity index (χ4v) is 2.30. The van der Waals surface area contributed by atoms with Crippen LogP contribution in [-0.2, 0) is 6.42 Å². The van der Waals surface area contributed by atoms with Gasteiger partial charge >= 0.3 is 0 Å². The minimum atomic E-state index is -0.733. The Balaban J connectivity index is 2.28. The van der Waals surface area contributed by atoms with Crippen LogP contribution in [0.15, 0.2) is 36.4 Å². The molecular weight excluding hydrogens is 254 g/mol. The van der Waals surface area contributed by atoms with E-state index in [0.29, 0.717) is 23.1 Å². The molecule has 0 bridgehead atoms. The lowest BCUT2D eigenvalue weighted by Gasteiger charge is -2.09. The van der Waals surface area contributed by atoms with Crippen LogP contribution < -0.4 is 0 Å². The van der Waals surface area contributed by atoms with Crippen molar-refractivity contribution >= 4 is 0 Å². The van der Waals surface area contributed by atoms with E-state index in [9.17, 15) is 8.78 Å². The zero-order chi connectivity index (χ0) is 14.5. The van der Waals surface area contributed by atoms with Crippen molar-refractivity contribution < 1.29 is 8.78 Å². The van der Waals surface area contributed by atoms with Gasteiger partial charge in [-0.15, -0.1) is 0 Å². The molecular formula is C18H20F2. The third-order valence-corrected chi connectivity index (χ3v) is 3.57. The molecule has 0 aliphatic heterocycles. The molecule has 0 fully saturated rings. The Kier molecular flexibility index (Phi) is 4.89. The molecule has 0 unspecified atom stereocenters. The smallest absolute Gasteiger partial charge is 0.166 e. The van der Waals surface area contributed by atoms with Gasteiger partial charge in [0, 0.05) is 5.56 Å². The number of hydrogen-bond acceptors (Lipinski definition) is 0. The number of halogens is 2. The first-order chi connectivity index (χ1) is 9.63. The van der Waals surface area contributed by atoms with E-state index in [1.165, 1.54) is 0 Å². The van der Waals surface area contributed by atoms with Gasteiger partial charge in [0.15, 0.2) is 11.6 Å². The zero-order valence-corrected chi connectivity index (χ0v) is 12.0. The summed E-state index contributed by atoms with van der Waals surface area (Å²) in [7, 11) is 0. The van der Waals surface area contributed by atoms with Crippen LogP contribution in [0.25, 0.3) is 11.1 Å². The third kappa shape index (κ3) is 3.24. The second-order valence-corrected chi connectivity index (χ2v) is 5.22. The molecule has 0 atom stereocenters. The number of unbranched alkanes of at least 4 members (excludes halogenated alkanes) is 2. The van der Waals surface area contributed by atoms with Gasteiger partial charge in [0.05, 0.1) is 0 Å². The zero-order valence-electron chi connectivity index (χ0n) is 12.0. The van der Waals surface area contributed by atoms with Gasteiger partial charge in [-0.25, -0.2) is 8.78 Å². The Morgan fingerprint density at radius 1 is 0.850 bits per heavy atom. The van der Waals surface area contributed by atoms with Gasteiger partial charge in [-0.3, -0.25) is 0 Å². The molecule has 0 amide bonds. The van der Waals surface area contributed by atoms with E-state index in [1.807, 2.05) is 31.2 Å². The average Bonchev–Trinajstić information content (AvgIpc) is 2.45. The highest BCUT2D eigenvalue weighted by Gasteiger charge is 2.14. The standard InChI is InChI=1S/C18H20F2/c1-3-4-5-6-15-11-12-16(18(20)17(15)19)14-9-7-13(2)8-10-14/h7-12H,3-6H2,1-2H3. The van der Waals surface area contributed by atoms with Crippen molar-refractivity contribution in [2.45, 2.75) is 39.5 Å². The molecule has 2 heteroatoms. The van der Waals surface area contributed by atoms with E-state index in [-0.39, 0.29) is 0 Å². The maximum absolute atomic E-state index is 14.2. The summed E-state index contributed by atoms with van der Waals surface area (Å²) in [5.74, 6) is -1.43. The topological polar surface area (TPSA) is 0 Å². The average molecular weight is 274 g/mol. The summed E-state index contributed by atoms with van der Waals surface area (Å²) < 4.78 is 28.3. The van der Waals surface area contributed by atoms with E-state index in [1.54, 1.807) is 12.1 Å². The number of hydrogen-bond donors (Lipinski definition) is 0. The lowest BCUT2D eigenvalue weighted by molar-refractivity contribution is 0.498. The van der Waals surface area contributed by atoms with Crippen LogP contribution in [0.5, 0.6) is 0 Å². The Morgan fingerprint density at radius 3 is 2.20 bits per heavy atom. The molecule has 0 nitrogen and oxygen atoms in total. The van der Waals surface area contributed by atoms with Crippen LogP contribution in [-0.4, -0.2) is 0 Å². The molecule has 0 radical (unpaired) electrons. The van der Waals surface area contributed by atoms with Crippen molar-refractivity contribution in [3.8, 4) is 11.1 Å². The van der Waals surface area contributed by atoms with Crippen LogP contribution in [0, 0.1) is 18.6 Å². The van der Waals surface area contributed by atoms with Gasteiger partial charge in [-0.05, 0) is 30.9 Å². The van der Waals surface area contributed by atoms with Crippen LogP contribution in [0.4, 0.5) is 8.78 Å². The molecule has 0 aromatic heterocycles. The van der Waals surface area contributed by atoms with E-state index in [2.05, 4.69) is 6.92 Å². The minimum absolute atomic E-state index is 0.335. The van der Waals surface area contributed by atoms with Gasteiger partial charge in [-0.2, -0.15) is 0 Å². The number of benzene rings is 2. The molecule has 0 saturated carbocycles. The van der Waals surface area contributed by atoms with Crippen molar-refractivity contribution in [1.29, 1.82) is 0 Å². The van der Waals surface area contributed by atoms with Crippen LogP contribution >= 0.6 is 0 Å². The maximum atomic E-state index is 14.2. The molecule has 0 aliphatic carbocycles. The van der Waals surface area contributed by atoms with Gasteiger partial charge in [0.1, 0.15) is 0 Å². The van der Waals surface area contributed by atoms with Gasteiger partial charge in [-0.1, -0.05) is 61.7 Å². The Bertz CT molecular complexity index is 571. The van der Waals surface area contributed by atoms with Gasteiger partial charge in [0.2, 0.25) is 0 Å². The summed E-state index contributed by atoms with van der Waals surface area (Å²) in [6, 6.07) is 10.9. The van der Waals surface area contributed by atoms with Crippen molar-refractivity contribution in [3.05, 3.63) is 59.2 Å². The molecule has 2 rings (SSSR count). The van der Waals surface area contributed by atoms with E-state index < -0.39 is 11.6 Å². The molecule has 20 heavy (non-hydrogen) atoms. The second kappa shape index (κ2) is 6.65. The highest BCUT2D eigenvalue weighted by atomic mass is 19.2. The summed E-state index contributed by atoms with van der Waals surface area (Å²) in [6.07, 6.45) is 3.62. The van der Waals surface area contributed by atoms with Gasteiger partial charge < -0.3 is 0 Å². The Labute approximate surface area is 119 Å². The summed E-state index contributed by atoms with van der Waals surface area (Å²) >= 11 is 0. The Morgan fingerprint density at radius 2 is 1.55 bits per heavy atom.